The first kappa shape index (κ1) is 14.0. The molecule has 0 heterocycles. The lowest BCUT2D eigenvalue weighted by atomic mass is 9.98. The Bertz CT molecular complexity index is 547. The van der Waals surface area contributed by atoms with Crippen LogP contribution in [0.1, 0.15) is 42.0 Å². The Balaban J connectivity index is 2.21. The summed E-state index contributed by atoms with van der Waals surface area (Å²) in [5.74, 6) is 0.736. The third kappa shape index (κ3) is 3.30. The predicted molar refractivity (Wildman–Crippen MR) is 81.2 cm³/mol. The third-order valence-corrected chi connectivity index (χ3v) is 3.66. The van der Waals surface area contributed by atoms with Gasteiger partial charge in [0.05, 0.1) is 5.02 Å². The van der Waals surface area contributed by atoms with Crippen molar-refractivity contribution in [3.8, 4) is 5.75 Å². The monoisotopic (exact) mass is 274 g/mol. The van der Waals surface area contributed by atoms with E-state index >= 15 is 0 Å². The van der Waals surface area contributed by atoms with Crippen molar-refractivity contribution in [2.75, 3.05) is 0 Å². The maximum atomic E-state index is 9.66. The molecule has 0 bridgehead atoms. The Morgan fingerprint density at radius 3 is 2.21 bits per heavy atom. The Morgan fingerprint density at radius 1 is 1.05 bits per heavy atom. The van der Waals surface area contributed by atoms with Crippen molar-refractivity contribution in [1.82, 2.24) is 0 Å². The molecule has 0 radical (unpaired) electrons. The van der Waals surface area contributed by atoms with Gasteiger partial charge in [0.1, 0.15) is 5.75 Å². The average Bonchev–Trinajstić information content (AvgIpc) is 2.36. The highest BCUT2D eigenvalue weighted by Crippen LogP contribution is 2.29. The first-order chi connectivity index (χ1) is 8.97. The number of phenols is 1. The predicted octanol–water partition coefficient (Wildman–Crippen LogP) is 5.07. The van der Waals surface area contributed by atoms with Crippen molar-refractivity contribution in [2.24, 2.45) is 0 Å². The van der Waals surface area contributed by atoms with Gasteiger partial charge in [-0.3, -0.25) is 0 Å². The van der Waals surface area contributed by atoms with Crippen LogP contribution in [-0.4, -0.2) is 5.11 Å². The maximum absolute atomic E-state index is 9.66. The van der Waals surface area contributed by atoms with E-state index in [4.69, 9.17) is 11.6 Å². The summed E-state index contributed by atoms with van der Waals surface area (Å²) < 4.78 is 0. The van der Waals surface area contributed by atoms with Gasteiger partial charge in [-0.2, -0.15) is 0 Å². The molecule has 2 aromatic carbocycles. The molecule has 0 aliphatic carbocycles. The minimum atomic E-state index is 0.181. The minimum Gasteiger partial charge on any atom is -0.506 e. The summed E-state index contributed by atoms with van der Waals surface area (Å²) in [5.41, 5.74) is 4.55. The number of benzene rings is 2. The molecule has 2 rings (SSSR count). The van der Waals surface area contributed by atoms with E-state index in [9.17, 15) is 5.11 Å². The number of hydrogen-bond donors (Lipinski definition) is 1. The number of halogens is 1. The number of hydrogen-bond acceptors (Lipinski definition) is 1. The van der Waals surface area contributed by atoms with Crippen LogP contribution in [0, 0.1) is 6.92 Å². The fraction of sp³-hybridized carbons (Fsp3) is 0.294. The lowest BCUT2D eigenvalue weighted by Gasteiger charge is -2.09. The molecule has 0 atom stereocenters. The zero-order valence-corrected chi connectivity index (χ0v) is 12.3. The zero-order valence-electron chi connectivity index (χ0n) is 11.6. The average molecular weight is 275 g/mol. The van der Waals surface area contributed by atoms with Gasteiger partial charge in [0.2, 0.25) is 0 Å². The topological polar surface area (TPSA) is 20.2 Å². The summed E-state index contributed by atoms with van der Waals surface area (Å²) in [4.78, 5) is 0. The molecule has 1 N–H and O–H groups in total. The Labute approximate surface area is 119 Å². The second-order valence-electron chi connectivity index (χ2n) is 5.32. The van der Waals surface area contributed by atoms with Crippen LogP contribution >= 0.6 is 11.6 Å². The highest BCUT2D eigenvalue weighted by molar-refractivity contribution is 6.32. The highest BCUT2D eigenvalue weighted by atomic mass is 35.5. The molecule has 0 aliphatic heterocycles. The largest absolute Gasteiger partial charge is 0.506 e. The third-order valence-electron chi connectivity index (χ3n) is 3.37. The number of rotatable bonds is 3. The number of phenolic OH excluding ortho intramolecular Hbond substituents is 1. The summed E-state index contributed by atoms with van der Waals surface area (Å²) in [5, 5.41) is 10.1. The number of aryl methyl sites for hydroxylation is 1. The lowest BCUT2D eigenvalue weighted by Crippen LogP contribution is -1.92. The lowest BCUT2D eigenvalue weighted by molar-refractivity contribution is 0.471. The van der Waals surface area contributed by atoms with Gasteiger partial charge in [-0.15, -0.1) is 0 Å². The van der Waals surface area contributed by atoms with Gasteiger partial charge in [0, 0.05) is 0 Å². The molecule has 0 aliphatic rings. The van der Waals surface area contributed by atoms with Gasteiger partial charge in [0.15, 0.2) is 0 Å². The van der Waals surface area contributed by atoms with Crippen molar-refractivity contribution in [3.05, 3.63) is 63.7 Å². The van der Waals surface area contributed by atoms with Crippen LogP contribution in [0.3, 0.4) is 0 Å². The van der Waals surface area contributed by atoms with Crippen LogP contribution in [0.5, 0.6) is 5.75 Å². The summed E-state index contributed by atoms with van der Waals surface area (Å²) in [7, 11) is 0. The summed E-state index contributed by atoms with van der Waals surface area (Å²) in [6, 6.07) is 12.5. The van der Waals surface area contributed by atoms with E-state index in [1.807, 2.05) is 19.1 Å². The van der Waals surface area contributed by atoms with Crippen molar-refractivity contribution >= 4 is 11.6 Å². The fourth-order valence-electron chi connectivity index (χ4n) is 2.17. The molecule has 0 unspecified atom stereocenters. The van der Waals surface area contributed by atoms with Crippen LogP contribution in [0.4, 0.5) is 0 Å². The summed E-state index contributed by atoms with van der Waals surface area (Å²) in [6.45, 7) is 6.25. The SMILES string of the molecule is Cc1cc(Cc2ccc(C(C)C)cc2)cc(Cl)c1O. The molecule has 0 aromatic heterocycles. The van der Waals surface area contributed by atoms with E-state index in [1.54, 1.807) is 0 Å². The maximum Gasteiger partial charge on any atom is 0.137 e. The van der Waals surface area contributed by atoms with Crippen molar-refractivity contribution in [2.45, 2.75) is 33.1 Å². The molecule has 2 heteroatoms. The molecule has 1 nitrogen and oxygen atoms in total. The first-order valence-electron chi connectivity index (χ1n) is 6.54. The van der Waals surface area contributed by atoms with Crippen LogP contribution in [0.15, 0.2) is 36.4 Å². The normalized spacial score (nSPS) is 11.0. The molecule has 0 saturated carbocycles. The van der Waals surface area contributed by atoms with Crippen molar-refractivity contribution in [3.63, 3.8) is 0 Å². The smallest absolute Gasteiger partial charge is 0.137 e. The van der Waals surface area contributed by atoms with Gasteiger partial charge in [-0.05, 0) is 47.6 Å². The molecule has 100 valence electrons. The molecule has 0 spiro atoms. The molecular formula is C17H19ClO. The summed E-state index contributed by atoms with van der Waals surface area (Å²) >= 11 is 6.00. The molecule has 0 fully saturated rings. The highest BCUT2D eigenvalue weighted by Gasteiger charge is 2.06. The first-order valence-corrected chi connectivity index (χ1v) is 6.92. The molecular weight excluding hydrogens is 256 g/mol. The molecule has 19 heavy (non-hydrogen) atoms. The Hall–Kier alpha value is -1.47. The molecule has 0 saturated heterocycles. The quantitative estimate of drug-likeness (QED) is 0.829. The Kier molecular flexibility index (Phi) is 4.16. The zero-order chi connectivity index (χ0) is 14.0. The summed E-state index contributed by atoms with van der Waals surface area (Å²) in [6.07, 6.45) is 0.833. The van der Waals surface area contributed by atoms with E-state index in [2.05, 4.69) is 38.1 Å². The van der Waals surface area contributed by atoms with Crippen LogP contribution in [0.2, 0.25) is 5.02 Å². The van der Waals surface area contributed by atoms with E-state index < -0.39 is 0 Å². The molecule has 0 amide bonds. The van der Waals surface area contributed by atoms with E-state index in [1.165, 1.54) is 11.1 Å². The Morgan fingerprint density at radius 2 is 1.68 bits per heavy atom. The second kappa shape index (κ2) is 5.66. The van der Waals surface area contributed by atoms with E-state index in [-0.39, 0.29) is 5.75 Å². The van der Waals surface area contributed by atoms with Gasteiger partial charge in [-0.25, -0.2) is 0 Å². The van der Waals surface area contributed by atoms with E-state index in [0.29, 0.717) is 10.9 Å². The van der Waals surface area contributed by atoms with Gasteiger partial charge in [-0.1, -0.05) is 55.8 Å². The van der Waals surface area contributed by atoms with Crippen molar-refractivity contribution < 1.29 is 5.11 Å². The minimum absolute atomic E-state index is 0.181. The van der Waals surface area contributed by atoms with Crippen LogP contribution in [-0.2, 0) is 6.42 Å². The van der Waals surface area contributed by atoms with E-state index in [0.717, 1.165) is 17.5 Å². The fourth-order valence-corrected chi connectivity index (χ4v) is 2.45. The standard InChI is InChI=1S/C17H19ClO/c1-11(2)15-6-4-13(5-7-15)9-14-8-12(3)17(19)16(18)10-14/h4-8,10-11,19H,9H2,1-3H3. The molecule has 2 aromatic rings. The number of aromatic hydroxyl groups is 1. The second-order valence-corrected chi connectivity index (χ2v) is 5.72. The van der Waals surface area contributed by atoms with Gasteiger partial charge < -0.3 is 5.11 Å². The van der Waals surface area contributed by atoms with Crippen molar-refractivity contribution in [1.29, 1.82) is 0 Å². The van der Waals surface area contributed by atoms with Gasteiger partial charge >= 0.3 is 0 Å². The van der Waals surface area contributed by atoms with Crippen LogP contribution < -0.4 is 0 Å². The van der Waals surface area contributed by atoms with Gasteiger partial charge in [0.25, 0.3) is 0 Å². The van der Waals surface area contributed by atoms with Crippen LogP contribution in [0.25, 0.3) is 0 Å².